The second kappa shape index (κ2) is 6.34. The molecular formula is C10H16. The van der Waals surface area contributed by atoms with Gasteiger partial charge in [-0.25, -0.2) is 0 Å². The van der Waals surface area contributed by atoms with Gasteiger partial charge in [-0.05, 0) is 26.2 Å². The summed E-state index contributed by atoms with van der Waals surface area (Å²) in [6.07, 6.45) is 9.41. The van der Waals surface area contributed by atoms with Crippen molar-refractivity contribution >= 4 is 0 Å². The van der Waals surface area contributed by atoms with E-state index in [9.17, 15) is 0 Å². The van der Waals surface area contributed by atoms with Crippen LogP contribution < -0.4 is 0 Å². The van der Waals surface area contributed by atoms with Gasteiger partial charge in [-0.3, -0.25) is 0 Å². The van der Waals surface area contributed by atoms with Crippen molar-refractivity contribution < 1.29 is 0 Å². The van der Waals surface area contributed by atoms with Crippen molar-refractivity contribution in [2.45, 2.75) is 26.2 Å². The van der Waals surface area contributed by atoms with Gasteiger partial charge in [-0.2, -0.15) is 0 Å². The van der Waals surface area contributed by atoms with Crippen molar-refractivity contribution in [2.75, 3.05) is 0 Å². The van der Waals surface area contributed by atoms with Crippen molar-refractivity contribution in [2.24, 2.45) is 0 Å². The molecule has 0 N–H and O–H groups in total. The van der Waals surface area contributed by atoms with Crippen molar-refractivity contribution in [3.8, 4) is 0 Å². The standard InChI is InChI=1S/C10H16/c1-4-5-6-7-8-9-10(2)3/h4-6H,1-2,7-9H2,3H3/b6-5+. The fourth-order valence-corrected chi connectivity index (χ4v) is 0.714. The van der Waals surface area contributed by atoms with Crippen molar-refractivity contribution in [1.29, 1.82) is 0 Å². The van der Waals surface area contributed by atoms with Gasteiger partial charge in [0.2, 0.25) is 0 Å². The molecule has 56 valence electrons. The van der Waals surface area contributed by atoms with Gasteiger partial charge in [0.05, 0.1) is 0 Å². The second-order valence-electron chi connectivity index (χ2n) is 2.51. The van der Waals surface area contributed by atoms with Gasteiger partial charge in [0, 0.05) is 0 Å². The summed E-state index contributed by atoms with van der Waals surface area (Å²) in [6.45, 7) is 9.48. The largest absolute Gasteiger partial charge is 0.100 e. The number of hydrogen-bond acceptors (Lipinski definition) is 0. The molecule has 0 aliphatic carbocycles. The zero-order chi connectivity index (χ0) is 7.82. The third-order valence-corrected chi connectivity index (χ3v) is 1.25. The minimum absolute atomic E-state index is 1.14. The molecule has 0 amide bonds. The number of allylic oxidation sites excluding steroid dienone is 4. The fraction of sp³-hybridized carbons (Fsp3) is 0.400. The Kier molecular flexibility index (Phi) is 5.85. The van der Waals surface area contributed by atoms with Crippen LogP contribution in [0.5, 0.6) is 0 Å². The van der Waals surface area contributed by atoms with E-state index in [0.29, 0.717) is 0 Å². The van der Waals surface area contributed by atoms with Crippen LogP contribution in [0.2, 0.25) is 0 Å². The molecule has 0 saturated heterocycles. The van der Waals surface area contributed by atoms with Crippen LogP contribution in [-0.2, 0) is 0 Å². The topological polar surface area (TPSA) is 0 Å². The highest BCUT2D eigenvalue weighted by molar-refractivity contribution is 4.97. The Morgan fingerprint density at radius 2 is 2.20 bits per heavy atom. The van der Waals surface area contributed by atoms with Gasteiger partial charge in [0.15, 0.2) is 0 Å². The first-order chi connectivity index (χ1) is 4.77. The molecule has 0 fully saturated rings. The molecule has 0 aromatic rings. The normalized spacial score (nSPS) is 10.1. The molecule has 0 aliphatic rings. The summed E-state index contributed by atoms with van der Waals surface area (Å²) >= 11 is 0. The lowest BCUT2D eigenvalue weighted by Crippen LogP contribution is -1.73. The molecule has 10 heavy (non-hydrogen) atoms. The number of unbranched alkanes of at least 4 members (excludes halogenated alkanes) is 1. The molecule has 0 spiro atoms. The van der Waals surface area contributed by atoms with Gasteiger partial charge in [-0.15, -0.1) is 6.58 Å². The summed E-state index contributed by atoms with van der Waals surface area (Å²) in [5.74, 6) is 0. The Hall–Kier alpha value is -0.780. The first-order valence-electron chi connectivity index (χ1n) is 3.69. The van der Waals surface area contributed by atoms with E-state index >= 15 is 0 Å². The van der Waals surface area contributed by atoms with Crippen LogP contribution in [0, 0.1) is 0 Å². The smallest absolute Gasteiger partial charge is 0.0323 e. The van der Waals surface area contributed by atoms with Crippen LogP contribution in [0.1, 0.15) is 26.2 Å². The van der Waals surface area contributed by atoms with E-state index < -0.39 is 0 Å². The summed E-state index contributed by atoms with van der Waals surface area (Å²) in [7, 11) is 0. The summed E-state index contributed by atoms with van der Waals surface area (Å²) in [5, 5.41) is 0. The maximum atomic E-state index is 3.83. The first-order valence-corrected chi connectivity index (χ1v) is 3.69. The van der Waals surface area contributed by atoms with E-state index in [1.807, 2.05) is 6.08 Å². The minimum Gasteiger partial charge on any atom is -0.100 e. The fourth-order valence-electron chi connectivity index (χ4n) is 0.714. The Balaban J connectivity index is 3.12. The van der Waals surface area contributed by atoms with Crippen LogP contribution in [0.3, 0.4) is 0 Å². The molecule has 0 aromatic heterocycles. The predicted molar refractivity (Wildman–Crippen MR) is 48.0 cm³/mol. The molecule has 0 unspecified atom stereocenters. The van der Waals surface area contributed by atoms with Crippen LogP contribution in [0.25, 0.3) is 0 Å². The molecule has 0 atom stereocenters. The summed E-state index contributed by atoms with van der Waals surface area (Å²) in [6, 6.07) is 0. The monoisotopic (exact) mass is 136 g/mol. The van der Waals surface area contributed by atoms with E-state index in [-0.39, 0.29) is 0 Å². The van der Waals surface area contributed by atoms with Crippen molar-refractivity contribution in [3.63, 3.8) is 0 Å². The van der Waals surface area contributed by atoms with Gasteiger partial charge in [0.1, 0.15) is 0 Å². The first kappa shape index (κ1) is 9.22. The molecule has 0 rings (SSSR count). The molecular weight excluding hydrogens is 120 g/mol. The van der Waals surface area contributed by atoms with Gasteiger partial charge < -0.3 is 0 Å². The maximum absolute atomic E-state index is 3.83. The lowest BCUT2D eigenvalue weighted by Gasteiger charge is -1.93. The van der Waals surface area contributed by atoms with Crippen molar-refractivity contribution in [1.82, 2.24) is 0 Å². The predicted octanol–water partition coefficient (Wildman–Crippen LogP) is 3.48. The van der Waals surface area contributed by atoms with Gasteiger partial charge in [-0.1, -0.05) is 30.4 Å². The molecule has 0 heteroatoms. The quantitative estimate of drug-likeness (QED) is 0.308. The van der Waals surface area contributed by atoms with E-state index in [1.165, 1.54) is 12.0 Å². The highest BCUT2D eigenvalue weighted by atomic mass is 13.9. The van der Waals surface area contributed by atoms with Gasteiger partial charge in [0.25, 0.3) is 0 Å². The highest BCUT2D eigenvalue weighted by Gasteiger charge is 1.83. The number of rotatable bonds is 5. The SMILES string of the molecule is C=C/C=C/CCCC(=C)C. The van der Waals surface area contributed by atoms with Gasteiger partial charge >= 0.3 is 0 Å². The second-order valence-corrected chi connectivity index (χ2v) is 2.51. The average Bonchev–Trinajstić information content (AvgIpc) is 1.87. The van der Waals surface area contributed by atoms with Crippen LogP contribution >= 0.6 is 0 Å². The molecule has 0 aliphatic heterocycles. The lowest BCUT2D eigenvalue weighted by atomic mass is 10.1. The molecule has 0 aromatic carbocycles. The molecule has 0 heterocycles. The van der Waals surface area contributed by atoms with E-state index in [0.717, 1.165) is 12.8 Å². The molecule has 0 saturated carbocycles. The van der Waals surface area contributed by atoms with Crippen molar-refractivity contribution in [3.05, 3.63) is 37.0 Å². The van der Waals surface area contributed by atoms with Crippen LogP contribution in [0.4, 0.5) is 0 Å². The number of hydrogen-bond donors (Lipinski definition) is 0. The van der Waals surface area contributed by atoms with Crippen LogP contribution in [-0.4, -0.2) is 0 Å². The van der Waals surface area contributed by atoms with Crippen LogP contribution in [0.15, 0.2) is 37.0 Å². The third-order valence-electron chi connectivity index (χ3n) is 1.25. The lowest BCUT2D eigenvalue weighted by molar-refractivity contribution is 0.835. The summed E-state index contributed by atoms with van der Waals surface area (Å²) in [5.41, 5.74) is 1.27. The average molecular weight is 136 g/mol. The molecule has 0 radical (unpaired) electrons. The van der Waals surface area contributed by atoms with E-state index in [1.54, 1.807) is 6.08 Å². The van der Waals surface area contributed by atoms with E-state index in [2.05, 4.69) is 26.2 Å². The Morgan fingerprint density at radius 1 is 1.50 bits per heavy atom. The third kappa shape index (κ3) is 7.22. The zero-order valence-electron chi connectivity index (χ0n) is 6.77. The molecule has 0 bridgehead atoms. The zero-order valence-corrected chi connectivity index (χ0v) is 6.77. The van der Waals surface area contributed by atoms with E-state index in [4.69, 9.17) is 0 Å². The Morgan fingerprint density at radius 3 is 2.70 bits per heavy atom. The minimum atomic E-state index is 1.14. The maximum Gasteiger partial charge on any atom is -0.0323 e. The Bertz CT molecular complexity index is 129. The Labute approximate surface area is 64.0 Å². The molecule has 0 nitrogen and oxygen atoms in total. The summed E-state index contributed by atoms with van der Waals surface area (Å²) in [4.78, 5) is 0. The summed E-state index contributed by atoms with van der Waals surface area (Å²) < 4.78 is 0. The highest BCUT2D eigenvalue weighted by Crippen LogP contribution is 2.03.